The van der Waals surface area contributed by atoms with Gasteiger partial charge in [0.25, 0.3) is 5.56 Å². The van der Waals surface area contributed by atoms with Crippen molar-refractivity contribution < 1.29 is 14.6 Å². The van der Waals surface area contributed by atoms with Gasteiger partial charge in [0, 0.05) is 22.7 Å². The number of amides is 1. The number of fused-ring (bicyclic) bond motifs is 1. The van der Waals surface area contributed by atoms with Crippen molar-refractivity contribution in [2.75, 3.05) is 12.4 Å². The second kappa shape index (κ2) is 7.86. The summed E-state index contributed by atoms with van der Waals surface area (Å²) < 4.78 is 6.66. The van der Waals surface area contributed by atoms with Gasteiger partial charge in [-0.25, -0.2) is 0 Å². The number of anilines is 1. The van der Waals surface area contributed by atoms with Crippen LogP contribution in [0.3, 0.4) is 0 Å². The lowest BCUT2D eigenvalue weighted by Crippen LogP contribution is -2.32. The van der Waals surface area contributed by atoms with Crippen LogP contribution in [0.5, 0.6) is 5.75 Å². The van der Waals surface area contributed by atoms with Crippen LogP contribution in [0.15, 0.2) is 59.5 Å². The van der Waals surface area contributed by atoms with E-state index in [1.807, 2.05) is 24.3 Å². The fourth-order valence-corrected chi connectivity index (χ4v) is 3.13. The van der Waals surface area contributed by atoms with E-state index in [2.05, 4.69) is 5.32 Å². The van der Waals surface area contributed by atoms with Crippen LogP contribution in [0.2, 0.25) is 0 Å². The summed E-state index contributed by atoms with van der Waals surface area (Å²) in [5, 5.41) is 14.0. The van der Waals surface area contributed by atoms with Gasteiger partial charge in [0.1, 0.15) is 5.75 Å². The van der Waals surface area contributed by atoms with Crippen molar-refractivity contribution in [1.29, 1.82) is 0 Å². The molecule has 6 heteroatoms. The summed E-state index contributed by atoms with van der Waals surface area (Å²) in [5.41, 5.74) is 0.214. The second-order valence-electron chi connectivity index (χ2n) is 7.40. The Bertz CT molecular complexity index is 1060. The molecule has 146 valence electrons. The van der Waals surface area contributed by atoms with Crippen LogP contribution in [-0.2, 0) is 17.8 Å². The summed E-state index contributed by atoms with van der Waals surface area (Å²) in [6.07, 6.45) is 1.84. The smallest absolute Gasteiger partial charge is 0.258 e. The highest BCUT2D eigenvalue weighted by atomic mass is 16.5. The highest BCUT2D eigenvalue weighted by molar-refractivity contribution is 6.02. The molecule has 0 aliphatic carbocycles. The monoisotopic (exact) mass is 380 g/mol. The molecule has 2 aromatic carbocycles. The molecule has 0 spiro atoms. The first-order chi connectivity index (χ1) is 13.3. The van der Waals surface area contributed by atoms with Gasteiger partial charge in [0.2, 0.25) is 5.91 Å². The molecule has 0 saturated carbocycles. The molecule has 3 rings (SSSR count). The first-order valence-corrected chi connectivity index (χ1v) is 9.04. The SMILES string of the molecule is COc1cccc(CC(=O)Nc2cccc3c(=O)n(CC(C)(C)O)ccc23)c1. The fourth-order valence-electron chi connectivity index (χ4n) is 3.13. The van der Waals surface area contributed by atoms with Crippen LogP contribution < -0.4 is 15.6 Å². The first-order valence-electron chi connectivity index (χ1n) is 9.04. The third-order valence-electron chi connectivity index (χ3n) is 4.35. The summed E-state index contributed by atoms with van der Waals surface area (Å²) in [4.78, 5) is 25.2. The molecule has 0 unspecified atom stereocenters. The molecule has 1 heterocycles. The molecule has 0 aliphatic rings. The maximum absolute atomic E-state index is 12.7. The van der Waals surface area contributed by atoms with E-state index in [0.717, 1.165) is 5.56 Å². The minimum Gasteiger partial charge on any atom is -0.497 e. The minimum absolute atomic E-state index is 0.179. The van der Waals surface area contributed by atoms with Gasteiger partial charge in [-0.05, 0) is 49.7 Å². The number of nitrogens with one attached hydrogen (secondary N) is 1. The summed E-state index contributed by atoms with van der Waals surface area (Å²) >= 11 is 0. The van der Waals surface area contributed by atoms with Gasteiger partial charge in [0.15, 0.2) is 0 Å². The Hall–Kier alpha value is -3.12. The van der Waals surface area contributed by atoms with E-state index in [1.54, 1.807) is 51.4 Å². The average Bonchev–Trinajstić information content (AvgIpc) is 2.63. The highest BCUT2D eigenvalue weighted by Gasteiger charge is 2.16. The number of aromatic nitrogens is 1. The molecule has 28 heavy (non-hydrogen) atoms. The van der Waals surface area contributed by atoms with Crippen molar-refractivity contribution in [3.63, 3.8) is 0 Å². The van der Waals surface area contributed by atoms with E-state index in [0.29, 0.717) is 22.2 Å². The van der Waals surface area contributed by atoms with Crippen LogP contribution >= 0.6 is 0 Å². The summed E-state index contributed by atoms with van der Waals surface area (Å²) in [6.45, 7) is 3.49. The Morgan fingerprint density at radius 1 is 1.14 bits per heavy atom. The Morgan fingerprint density at radius 2 is 1.89 bits per heavy atom. The number of aliphatic hydroxyl groups is 1. The van der Waals surface area contributed by atoms with Gasteiger partial charge in [-0.15, -0.1) is 0 Å². The number of ether oxygens (including phenoxy) is 1. The lowest BCUT2D eigenvalue weighted by molar-refractivity contribution is -0.115. The molecule has 1 amide bonds. The molecule has 0 aliphatic heterocycles. The molecular formula is C22H24N2O4. The maximum Gasteiger partial charge on any atom is 0.258 e. The molecule has 0 atom stereocenters. The quantitative estimate of drug-likeness (QED) is 0.689. The van der Waals surface area contributed by atoms with Crippen molar-refractivity contribution in [3.8, 4) is 5.75 Å². The predicted octanol–water partition coefficient (Wildman–Crippen LogP) is 2.96. The lowest BCUT2D eigenvalue weighted by Gasteiger charge is -2.19. The fraction of sp³-hybridized carbons (Fsp3) is 0.273. The molecule has 0 fully saturated rings. The normalized spacial score (nSPS) is 11.4. The van der Waals surface area contributed by atoms with Gasteiger partial charge in [-0.3, -0.25) is 9.59 Å². The van der Waals surface area contributed by atoms with Crippen molar-refractivity contribution in [1.82, 2.24) is 4.57 Å². The van der Waals surface area contributed by atoms with Crippen LogP contribution in [0, 0.1) is 0 Å². The van der Waals surface area contributed by atoms with E-state index in [-0.39, 0.29) is 24.4 Å². The van der Waals surface area contributed by atoms with Crippen LogP contribution in [-0.4, -0.2) is 28.3 Å². The molecule has 0 radical (unpaired) electrons. The zero-order valence-corrected chi connectivity index (χ0v) is 16.2. The van der Waals surface area contributed by atoms with Gasteiger partial charge in [-0.1, -0.05) is 18.2 Å². The summed E-state index contributed by atoms with van der Waals surface area (Å²) in [7, 11) is 1.58. The highest BCUT2D eigenvalue weighted by Crippen LogP contribution is 2.22. The van der Waals surface area contributed by atoms with Gasteiger partial charge in [0.05, 0.1) is 25.7 Å². The van der Waals surface area contributed by atoms with Crippen molar-refractivity contribution in [3.05, 3.63) is 70.6 Å². The number of benzene rings is 2. The maximum atomic E-state index is 12.7. The van der Waals surface area contributed by atoms with Gasteiger partial charge >= 0.3 is 0 Å². The predicted molar refractivity (Wildman–Crippen MR) is 110 cm³/mol. The number of pyridine rings is 1. The average molecular weight is 380 g/mol. The molecular weight excluding hydrogens is 356 g/mol. The number of hydrogen-bond donors (Lipinski definition) is 2. The number of hydrogen-bond acceptors (Lipinski definition) is 4. The lowest BCUT2D eigenvalue weighted by atomic mass is 10.1. The summed E-state index contributed by atoms with van der Waals surface area (Å²) in [5.74, 6) is 0.518. The Labute approximate surface area is 163 Å². The molecule has 0 saturated heterocycles. The first kappa shape index (κ1) is 19.6. The molecule has 2 N–H and O–H groups in total. The Kier molecular flexibility index (Phi) is 5.51. The molecule has 3 aromatic rings. The minimum atomic E-state index is -1.000. The molecule has 1 aromatic heterocycles. The van der Waals surface area contributed by atoms with Crippen LogP contribution in [0.25, 0.3) is 10.8 Å². The van der Waals surface area contributed by atoms with Gasteiger partial charge < -0.3 is 19.7 Å². The third kappa shape index (κ3) is 4.58. The Morgan fingerprint density at radius 3 is 2.61 bits per heavy atom. The van der Waals surface area contributed by atoms with Gasteiger partial charge in [-0.2, -0.15) is 0 Å². The van der Waals surface area contributed by atoms with Crippen LogP contribution in [0.4, 0.5) is 5.69 Å². The molecule has 6 nitrogen and oxygen atoms in total. The van der Waals surface area contributed by atoms with E-state index in [1.165, 1.54) is 4.57 Å². The second-order valence-corrected chi connectivity index (χ2v) is 7.40. The number of nitrogens with zero attached hydrogens (tertiary/aromatic N) is 1. The van der Waals surface area contributed by atoms with Crippen molar-refractivity contribution in [2.24, 2.45) is 0 Å². The van der Waals surface area contributed by atoms with E-state index < -0.39 is 5.60 Å². The van der Waals surface area contributed by atoms with Crippen LogP contribution in [0.1, 0.15) is 19.4 Å². The van der Waals surface area contributed by atoms with E-state index >= 15 is 0 Å². The number of rotatable bonds is 6. The summed E-state index contributed by atoms with van der Waals surface area (Å²) in [6, 6.07) is 14.3. The van der Waals surface area contributed by atoms with Crippen molar-refractivity contribution in [2.45, 2.75) is 32.4 Å². The zero-order chi connectivity index (χ0) is 20.3. The Balaban J connectivity index is 1.86. The zero-order valence-electron chi connectivity index (χ0n) is 16.2. The van der Waals surface area contributed by atoms with E-state index in [9.17, 15) is 14.7 Å². The third-order valence-corrected chi connectivity index (χ3v) is 4.35. The standard InChI is InChI=1S/C22H24N2O4/c1-22(2,27)14-24-11-10-17-18(21(24)26)8-5-9-19(17)23-20(25)13-15-6-4-7-16(12-15)28-3/h4-12,27H,13-14H2,1-3H3,(H,23,25). The van der Waals surface area contributed by atoms with Crippen molar-refractivity contribution >= 4 is 22.4 Å². The number of methoxy groups -OCH3 is 1. The number of carbonyl (C=O) groups is 1. The largest absolute Gasteiger partial charge is 0.497 e. The topological polar surface area (TPSA) is 80.6 Å². The number of carbonyl (C=O) groups excluding carboxylic acids is 1. The van der Waals surface area contributed by atoms with E-state index in [4.69, 9.17) is 4.74 Å². The molecule has 0 bridgehead atoms.